The van der Waals surface area contributed by atoms with Crippen molar-refractivity contribution in [1.29, 1.82) is 0 Å². The van der Waals surface area contributed by atoms with Crippen LogP contribution in [0.1, 0.15) is 6.42 Å². The molecule has 0 bridgehead atoms. The third-order valence-electron chi connectivity index (χ3n) is 4.56. The fourth-order valence-electron chi connectivity index (χ4n) is 3.26. The van der Waals surface area contributed by atoms with Crippen LogP contribution < -0.4 is 4.90 Å². The van der Waals surface area contributed by atoms with Crippen molar-refractivity contribution in [3.8, 4) is 0 Å². The minimum Gasteiger partial charge on any atom is -0.395 e. The molecule has 1 aromatic carbocycles. The molecule has 130 valence electrons. The highest BCUT2D eigenvalue weighted by Gasteiger charge is 2.44. The van der Waals surface area contributed by atoms with Crippen molar-refractivity contribution >= 4 is 40.7 Å². The van der Waals surface area contributed by atoms with E-state index in [1.807, 2.05) is 4.90 Å². The maximum absolute atomic E-state index is 12.8. The lowest BCUT2D eigenvalue weighted by Gasteiger charge is -2.36. The molecule has 1 aromatic rings. The molecule has 24 heavy (non-hydrogen) atoms. The normalized spacial score (nSPS) is 23.3. The first-order valence-electron chi connectivity index (χ1n) is 7.91. The van der Waals surface area contributed by atoms with Crippen molar-refractivity contribution in [3.05, 3.63) is 28.2 Å². The van der Waals surface area contributed by atoms with Gasteiger partial charge in [0.05, 0.1) is 34.8 Å². The van der Waals surface area contributed by atoms with Gasteiger partial charge in [-0.3, -0.25) is 19.4 Å². The van der Waals surface area contributed by atoms with E-state index in [1.165, 1.54) is 0 Å². The van der Waals surface area contributed by atoms with Crippen LogP contribution in [0.2, 0.25) is 10.0 Å². The lowest BCUT2D eigenvalue weighted by molar-refractivity contribution is -0.123. The van der Waals surface area contributed by atoms with Crippen molar-refractivity contribution < 1.29 is 14.7 Å². The minimum absolute atomic E-state index is 0.127. The van der Waals surface area contributed by atoms with Crippen molar-refractivity contribution in [3.63, 3.8) is 0 Å². The van der Waals surface area contributed by atoms with Gasteiger partial charge in [-0.2, -0.15) is 0 Å². The Hall–Kier alpha value is -1.18. The average Bonchev–Trinajstić information content (AvgIpc) is 2.86. The number of carbonyl (C=O) groups is 2. The second-order valence-corrected chi connectivity index (χ2v) is 6.75. The van der Waals surface area contributed by atoms with E-state index in [0.29, 0.717) is 30.3 Å². The van der Waals surface area contributed by atoms with E-state index >= 15 is 0 Å². The number of anilines is 1. The zero-order chi connectivity index (χ0) is 17.3. The number of piperazine rings is 1. The largest absolute Gasteiger partial charge is 0.395 e. The summed E-state index contributed by atoms with van der Waals surface area (Å²) in [5.41, 5.74) is 0.348. The molecule has 3 rings (SSSR count). The van der Waals surface area contributed by atoms with Crippen LogP contribution in [0, 0.1) is 0 Å². The number of aliphatic hydroxyl groups is 1. The fraction of sp³-hybridized carbons (Fsp3) is 0.500. The first-order valence-corrected chi connectivity index (χ1v) is 8.66. The van der Waals surface area contributed by atoms with Gasteiger partial charge in [-0.05, 0) is 12.1 Å². The molecule has 2 saturated heterocycles. The Labute approximate surface area is 150 Å². The fourth-order valence-corrected chi connectivity index (χ4v) is 3.64. The van der Waals surface area contributed by atoms with E-state index < -0.39 is 6.04 Å². The zero-order valence-corrected chi connectivity index (χ0v) is 14.6. The van der Waals surface area contributed by atoms with Gasteiger partial charge < -0.3 is 5.11 Å². The standard InChI is InChI=1S/C16H19Cl2N3O3/c17-11-2-1-3-12(15(11)18)21-14(23)10-13(16(21)24)20-6-4-19(5-7-20)8-9-22/h1-3,13,22H,4-10H2/t13-/m0/s1. The smallest absolute Gasteiger partial charge is 0.251 e. The number of hydrogen-bond donors (Lipinski definition) is 1. The lowest BCUT2D eigenvalue weighted by atomic mass is 10.1. The maximum Gasteiger partial charge on any atom is 0.251 e. The summed E-state index contributed by atoms with van der Waals surface area (Å²) in [6.07, 6.45) is 0.154. The monoisotopic (exact) mass is 371 g/mol. The van der Waals surface area contributed by atoms with Gasteiger partial charge in [0, 0.05) is 32.7 Å². The molecule has 2 aliphatic rings. The third kappa shape index (κ3) is 3.30. The van der Waals surface area contributed by atoms with Gasteiger partial charge in [-0.15, -0.1) is 0 Å². The number of β-amino-alcohol motifs (C(OH)–C–C–N with tert-alkyl or cyclic N) is 1. The predicted octanol–water partition coefficient (Wildman–Crippen LogP) is 1.24. The Kier molecular flexibility index (Phi) is 5.42. The van der Waals surface area contributed by atoms with E-state index in [1.54, 1.807) is 18.2 Å². The van der Waals surface area contributed by atoms with E-state index in [9.17, 15) is 9.59 Å². The summed E-state index contributed by atoms with van der Waals surface area (Å²) < 4.78 is 0. The van der Waals surface area contributed by atoms with Gasteiger partial charge >= 0.3 is 0 Å². The molecular weight excluding hydrogens is 353 g/mol. The molecule has 2 fully saturated rings. The Balaban J connectivity index is 1.74. The highest BCUT2D eigenvalue weighted by molar-refractivity contribution is 6.44. The van der Waals surface area contributed by atoms with Crippen molar-refractivity contribution in [2.75, 3.05) is 44.2 Å². The number of amides is 2. The van der Waals surface area contributed by atoms with Crippen LogP contribution in [-0.2, 0) is 9.59 Å². The second-order valence-electron chi connectivity index (χ2n) is 5.96. The zero-order valence-electron chi connectivity index (χ0n) is 13.1. The Morgan fingerprint density at radius 3 is 2.50 bits per heavy atom. The number of aliphatic hydroxyl groups excluding tert-OH is 1. The van der Waals surface area contributed by atoms with Crippen molar-refractivity contribution in [1.82, 2.24) is 9.80 Å². The van der Waals surface area contributed by atoms with Gasteiger partial charge in [0.2, 0.25) is 5.91 Å². The van der Waals surface area contributed by atoms with E-state index in [-0.39, 0.29) is 29.9 Å². The molecule has 0 saturated carbocycles. The molecule has 0 radical (unpaired) electrons. The summed E-state index contributed by atoms with van der Waals surface area (Å²) in [6, 6.07) is 4.47. The molecule has 0 spiro atoms. The molecule has 2 amide bonds. The maximum atomic E-state index is 12.8. The van der Waals surface area contributed by atoms with Gasteiger partial charge in [-0.25, -0.2) is 4.90 Å². The predicted molar refractivity (Wildman–Crippen MR) is 92.5 cm³/mol. The molecule has 6 nitrogen and oxygen atoms in total. The number of nitrogens with zero attached hydrogens (tertiary/aromatic N) is 3. The molecule has 0 aliphatic carbocycles. The number of benzene rings is 1. The van der Waals surface area contributed by atoms with Crippen LogP contribution in [0.3, 0.4) is 0 Å². The van der Waals surface area contributed by atoms with Crippen LogP contribution in [0.15, 0.2) is 18.2 Å². The molecule has 1 atom stereocenters. The van der Waals surface area contributed by atoms with E-state index in [4.69, 9.17) is 28.3 Å². The molecule has 2 aliphatic heterocycles. The Morgan fingerprint density at radius 1 is 1.12 bits per heavy atom. The molecule has 2 heterocycles. The number of rotatable bonds is 4. The summed E-state index contributed by atoms with van der Waals surface area (Å²) in [5, 5.41) is 9.53. The quantitative estimate of drug-likeness (QED) is 0.806. The molecule has 1 N–H and O–H groups in total. The average molecular weight is 372 g/mol. The van der Waals surface area contributed by atoms with Gasteiger partial charge in [0.15, 0.2) is 0 Å². The highest BCUT2D eigenvalue weighted by atomic mass is 35.5. The SMILES string of the molecule is O=C1C[C@H](N2CCN(CCO)CC2)C(=O)N1c1cccc(Cl)c1Cl. The molecular formula is C16H19Cl2N3O3. The first kappa shape index (κ1) is 17.6. The van der Waals surface area contributed by atoms with Crippen LogP contribution in [-0.4, -0.2) is 72.1 Å². The van der Waals surface area contributed by atoms with Crippen molar-refractivity contribution in [2.45, 2.75) is 12.5 Å². The van der Waals surface area contributed by atoms with Crippen molar-refractivity contribution in [2.24, 2.45) is 0 Å². The van der Waals surface area contributed by atoms with Gasteiger partial charge in [-0.1, -0.05) is 29.3 Å². The van der Waals surface area contributed by atoms with E-state index in [0.717, 1.165) is 18.0 Å². The molecule has 0 aromatic heterocycles. The topological polar surface area (TPSA) is 64.1 Å². The van der Waals surface area contributed by atoms with Crippen LogP contribution in [0.5, 0.6) is 0 Å². The summed E-state index contributed by atoms with van der Waals surface area (Å²) in [5.74, 6) is -0.508. The number of imide groups is 1. The highest BCUT2D eigenvalue weighted by Crippen LogP contribution is 2.36. The van der Waals surface area contributed by atoms with Crippen LogP contribution >= 0.6 is 23.2 Å². The number of carbonyl (C=O) groups excluding carboxylic acids is 2. The Bertz CT molecular complexity index is 647. The van der Waals surface area contributed by atoms with Gasteiger partial charge in [0.1, 0.15) is 0 Å². The first-order chi connectivity index (χ1) is 11.5. The number of halogens is 2. The van der Waals surface area contributed by atoms with E-state index in [2.05, 4.69) is 4.90 Å². The lowest BCUT2D eigenvalue weighted by Crippen LogP contribution is -2.53. The Morgan fingerprint density at radius 2 is 1.83 bits per heavy atom. The summed E-state index contributed by atoms with van der Waals surface area (Å²) in [4.78, 5) is 30.5. The summed E-state index contributed by atoms with van der Waals surface area (Å²) >= 11 is 12.2. The second kappa shape index (κ2) is 7.37. The van der Waals surface area contributed by atoms with Gasteiger partial charge in [0.25, 0.3) is 5.91 Å². The minimum atomic E-state index is -0.455. The molecule has 0 unspecified atom stereocenters. The summed E-state index contributed by atoms with van der Waals surface area (Å²) in [6.45, 7) is 3.70. The van der Waals surface area contributed by atoms with Crippen LogP contribution in [0.25, 0.3) is 0 Å². The molecule has 8 heteroatoms. The third-order valence-corrected chi connectivity index (χ3v) is 5.37. The van der Waals surface area contributed by atoms with Crippen LogP contribution in [0.4, 0.5) is 5.69 Å². The summed E-state index contributed by atoms with van der Waals surface area (Å²) in [7, 11) is 0. The number of hydrogen-bond acceptors (Lipinski definition) is 5.